The van der Waals surface area contributed by atoms with Crippen molar-refractivity contribution in [2.45, 2.75) is 38.1 Å². The van der Waals surface area contributed by atoms with E-state index < -0.39 is 0 Å². The van der Waals surface area contributed by atoms with Crippen LogP contribution in [0.4, 0.5) is 5.69 Å². The molecule has 1 aromatic rings. The highest BCUT2D eigenvalue weighted by molar-refractivity contribution is 5.94. The lowest BCUT2D eigenvalue weighted by molar-refractivity contribution is -0.137. The van der Waals surface area contributed by atoms with E-state index in [0.717, 1.165) is 18.4 Å². The largest absolute Gasteiger partial charge is 0.383 e. The average Bonchev–Trinajstić information content (AvgIpc) is 3.46. The Bertz CT molecular complexity index is 685. The van der Waals surface area contributed by atoms with E-state index in [1.165, 1.54) is 0 Å². The van der Waals surface area contributed by atoms with Gasteiger partial charge in [-0.25, -0.2) is 0 Å². The van der Waals surface area contributed by atoms with Gasteiger partial charge in [-0.1, -0.05) is 12.1 Å². The van der Waals surface area contributed by atoms with Gasteiger partial charge in [-0.15, -0.1) is 0 Å². The Morgan fingerprint density at radius 1 is 1.19 bits per heavy atom. The summed E-state index contributed by atoms with van der Waals surface area (Å²) < 4.78 is 5.02. The predicted octanol–water partition coefficient (Wildman–Crippen LogP) is 1.33. The smallest absolute Gasteiger partial charge is 0.229 e. The van der Waals surface area contributed by atoms with Crippen LogP contribution in [0.25, 0.3) is 0 Å². The number of carbonyl (C=O) groups is 3. The summed E-state index contributed by atoms with van der Waals surface area (Å²) in [5.41, 5.74) is 1.62. The quantitative estimate of drug-likeness (QED) is 0.720. The fraction of sp³-hybridized carbons (Fsp3) is 0.550. The number of nitrogens with one attached hydrogen (secondary N) is 2. The first-order chi connectivity index (χ1) is 13.0. The van der Waals surface area contributed by atoms with E-state index in [1.807, 2.05) is 24.3 Å². The molecule has 3 rings (SSSR count). The van der Waals surface area contributed by atoms with Crippen LogP contribution in [0, 0.1) is 5.92 Å². The van der Waals surface area contributed by atoms with Gasteiger partial charge in [-0.2, -0.15) is 0 Å². The Morgan fingerprint density at radius 2 is 1.93 bits per heavy atom. The van der Waals surface area contributed by atoms with Crippen LogP contribution in [-0.4, -0.2) is 55.5 Å². The molecule has 0 radical (unpaired) electrons. The van der Waals surface area contributed by atoms with Crippen LogP contribution in [-0.2, 0) is 25.5 Å². The number of likely N-dealkylation sites (tertiary alicyclic amines) is 1. The number of methoxy groups -OCH3 is 1. The van der Waals surface area contributed by atoms with Crippen LogP contribution >= 0.6 is 0 Å². The maximum atomic E-state index is 12.5. The summed E-state index contributed by atoms with van der Waals surface area (Å²) in [6.07, 6.45) is 3.45. The third-order valence-electron chi connectivity index (χ3n) is 4.96. The molecule has 0 bridgehead atoms. The Kier molecular flexibility index (Phi) is 6.45. The summed E-state index contributed by atoms with van der Waals surface area (Å²) in [5.74, 6) is -0.185. The number of nitrogens with zero attached hydrogens (tertiary/aromatic N) is 1. The van der Waals surface area contributed by atoms with E-state index in [-0.39, 0.29) is 23.6 Å². The van der Waals surface area contributed by atoms with Gasteiger partial charge in [0, 0.05) is 38.3 Å². The number of benzene rings is 1. The lowest BCUT2D eigenvalue weighted by Crippen LogP contribution is -2.45. The number of piperidine rings is 1. The Morgan fingerprint density at radius 3 is 2.59 bits per heavy atom. The topological polar surface area (TPSA) is 87.7 Å². The molecule has 0 aromatic heterocycles. The van der Waals surface area contributed by atoms with E-state index >= 15 is 0 Å². The SMILES string of the molecule is COCCN1CC(C(=O)Nc2ccc(CC(=O)NC3CC3)cc2)CCC1=O. The number of hydrogen-bond donors (Lipinski definition) is 2. The number of ether oxygens (including phenoxy) is 1. The van der Waals surface area contributed by atoms with Gasteiger partial charge in [0.1, 0.15) is 0 Å². The van der Waals surface area contributed by atoms with Gasteiger partial charge in [0.2, 0.25) is 17.7 Å². The lowest BCUT2D eigenvalue weighted by atomic mass is 9.96. The maximum absolute atomic E-state index is 12.5. The monoisotopic (exact) mass is 373 g/mol. The van der Waals surface area contributed by atoms with Gasteiger partial charge in [0.15, 0.2) is 0 Å². The van der Waals surface area contributed by atoms with E-state index in [0.29, 0.717) is 50.7 Å². The zero-order valence-corrected chi connectivity index (χ0v) is 15.7. The van der Waals surface area contributed by atoms with Crippen LogP contribution in [0.3, 0.4) is 0 Å². The highest BCUT2D eigenvalue weighted by Gasteiger charge is 2.30. The molecule has 1 saturated carbocycles. The summed E-state index contributed by atoms with van der Waals surface area (Å²) in [4.78, 5) is 38.0. The van der Waals surface area contributed by atoms with Crippen LogP contribution in [0.1, 0.15) is 31.2 Å². The van der Waals surface area contributed by atoms with Crippen LogP contribution in [0.5, 0.6) is 0 Å². The van der Waals surface area contributed by atoms with Crippen molar-refractivity contribution in [3.63, 3.8) is 0 Å². The Hall–Kier alpha value is -2.41. The molecule has 1 unspecified atom stereocenters. The average molecular weight is 373 g/mol. The minimum absolute atomic E-state index is 0.0392. The van der Waals surface area contributed by atoms with Crippen molar-refractivity contribution in [1.29, 1.82) is 0 Å². The molecule has 1 aromatic carbocycles. The minimum Gasteiger partial charge on any atom is -0.383 e. The van der Waals surface area contributed by atoms with Crippen molar-refractivity contribution >= 4 is 23.4 Å². The molecule has 2 aliphatic rings. The molecular formula is C20H27N3O4. The van der Waals surface area contributed by atoms with Gasteiger partial charge >= 0.3 is 0 Å². The zero-order valence-electron chi connectivity index (χ0n) is 15.7. The Balaban J connectivity index is 1.49. The fourth-order valence-electron chi connectivity index (χ4n) is 3.19. The highest BCUT2D eigenvalue weighted by atomic mass is 16.5. The molecule has 146 valence electrons. The molecule has 1 atom stereocenters. The van der Waals surface area contributed by atoms with Gasteiger partial charge < -0.3 is 20.3 Å². The van der Waals surface area contributed by atoms with E-state index in [9.17, 15) is 14.4 Å². The third kappa shape index (κ3) is 5.79. The van der Waals surface area contributed by atoms with Crippen LogP contribution in [0.2, 0.25) is 0 Å². The molecule has 7 heteroatoms. The van der Waals surface area contributed by atoms with E-state index in [2.05, 4.69) is 10.6 Å². The van der Waals surface area contributed by atoms with Gasteiger partial charge in [-0.05, 0) is 37.0 Å². The summed E-state index contributed by atoms with van der Waals surface area (Å²) in [7, 11) is 1.60. The second-order valence-electron chi connectivity index (χ2n) is 7.27. The Labute approximate surface area is 159 Å². The molecule has 2 fully saturated rings. The summed E-state index contributed by atoms with van der Waals surface area (Å²) in [6.45, 7) is 1.40. The molecular weight excluding hydrogens is 346 g/mol. The minimum atomic E-state index is -0.219. The van der Waals surface area contributed by atoms with E-state index in [4.69, 9.17) is 4.74 Å². The highest BCUT2D eigenvalue weighted by Crippen LogP contribution is 2.21. The molecule has 27 heavy (non-hydrogen) atoms. The summed E-state index contributed by atoms with van der Waals surface area (Å²) in [5, 5.41) is 5.88. The fourth-order valence-corrected chi connectivity index (χ4v) is 3.19. The predicted molar refractivity (Wildman–Crippen MR) is 101 cm³/mol. The van der Waals surface area contributed by atoms with Crippen molar-refractivity contribution < 1.29 is 19.1 Å². The normalized spacial score (nSPS) is 19.7. The van der Waals surface area contributed by atoms with Gasteiger partial charge in [-0.3, -0.25) is 14.4 Å². The van der Waals surface area contributed by atoms with Crippen molar-refractivity contribution in [2.75, 3.05) is 32.1 Å². The van der Waals surface area contributed by atoms with Crippen molar-refractivity contribution in [3.05, 3.63) is 29.8 Å². The molecule has 1 aliphatic carbocycles. The van der Waals surface area contributed by atoms with Crippen LogP contribution in [0.15, 0.2) is 24.3 Å². The van der Waals surface area contributed by atoms with Gasteiger partial charge in [0.25, 0.3) is 0 Å². The summed E-state index contributed by atoms with van der Waals surface area (Å²) >= 11 is 0. The molecule has 1 heterocycles. The van der Waals surface area contributed by atoms with Crippen molar-refractivity contribution in [3.8, 4) is 0 Å². The van der Waals surface area contributed by atoms with Gasteiger partial charge in [0.05, 0.1) is 18.9 Å². The van der Waals surface area contributed by atoms with Crippen molar-refractivity contribution in [1.82, 2.24) is 10.2 Å². The molecule has 1 saturated heterocycles. The standard InChI is InChI=1S/C20H27N3O4/c1-27-11-10-23-13-15(4-9-19(23)25)20(26)22-17-5-2-14(3-6-17)12-18(24)21-16-7-8-16/h2-3,5-6,15-16H,4,7-13H2,1H3,(H,21,24)(H,22,26). The summed E-state index contributed by atoms with van der Waals surface area (Å²) in [6, 6.07) is 7.71. The van der Waals surface area contributed by atoms with Crippen LogP contribution < -0.4 is 10.6 Å². The number of anilines is 1. The van der Waals surface area contributed by atoms with Crippen molar-refractivity contribution in [2.24, 2.45) is 5.92 Å². The number of hydrogen-bond acceptors (Lipinski definition) is 4. The molecule has 7 nitrogen and oxygen atoms in total. The zero-order chi connectivity index (χ0) is 19.2. The third-order valence-corrected chi connectivity index (χ3v) is 4.96. The van der Waals surface area contributed by atoms with E-state index in [1.54, 1.807) is 12.0 Å². The first kappa shape index (κ1) is 19.4. The molecule has 2 N–H and O–H groups in total. The number of carbonyl (C=O) groups excluding carboxylic acids is 3. The second-order valence-corrected chi connectivity index (χ2v) is 7.27. The first-order valence-corrected chi connectivity index (χ1v) is 9.51. The lowest BCUT2D eigenvalue weighted by Gasteiger charge is -2.31. The molecule has 3 amide bonds. The maximum Gasteiger partial charge on any atom is 0.229 e. The molecule has 1 aliphatic heterocycles. The molecule has 0 spiro atoms. The number of amides is 3. The first-order valence-electron chi connectivity index (χ1n) is 9.51. The number of rotatable bonds is 8. The second kappa shape index (κ2) is 8.99.